The minimum Gasteiger partial charge on any atom is -0.490 e. The fourth-order valence-corrected chi connectivity index (χ4v) is 7.41. The highest BCUT2D eigenvalue weighted by molar-refractivity contribution is 5.79. The predicted molar refractivity (Wildman–Crippen MR) is 163 cm³/mol. The van der Waals surface area contributed by atoms with E-state index in [1.165, 1.54) is 12.1 Å². The van der Waals surface area contributed by atoms with Crippen molar-refractivity contribution in [3.63, 3.8) is 0 Å². The minimum atomic E-state index is -4.33. The Hall–Kier alpha value is -3.47. The zero-order chi connectivity index (χ0) is 31.6. The SMILES string of the molecule is Nc1cccc(OC2CCN(C(=O)C3CCC(CN4CC5(CCN(Cc6ccc(C(F)(F)F)cc6)CC5)OC4=O)CC3)CC2)c1. The van der Waals surface area contributed by atoms with E-state index in [9.17, 15) is 22.8 Å². The second kappa shape index (κ2) is 13.1. The molecule has 4 aliphatic rings. The number of benzene rings is 2. The van der Waals surface area contributed by atoms with Crippen LogP contribution in [0.25, 0.3) is 0 Å². The van der Waals surface area contributed by atoms with Crippen LogP contribution < -0.4 is 10.5 Å². The number of rotatable bonds is 7. The zero-order valence-electron chi connectivity index (χ0n) is 25.6. The number of alkyl halides is 3. The number of amides is 2. The van der Waals surface area contributed by atoms with Crippen molar-refractivity contribution in [1.82, 2.24) is 14.7 Å². The fourth-order valence-electron chi connectivity index (χ4n) is 7.41. The van der Waals surface area contributed by atoms with E-state index in [1.807, 2.05) is 34.1 Å². The molecule has 0 atom stereocenters. The molecule has 0 radical (unpaired) electrons. The smallest absolute Gasteiger partial charge is 0.416 e. The molecule has 2 N–H and O–H groups in total. The number of carbonyl (C=O) groups is 2. The number of nitrogens with two attached hydrogens (primary N) is 1. The average molecular weight is 629 g/mol. The Labute approximate surface area is 262 Å². The number of halogens is 3. The Morgan fingerprint density at radius 3 is 2.29 bits per heavy atom. The summed E-state index contributed by atoms with van der Waals surface area (Å²) in [4.78, 5) is 32.2. The molecular weight excluding hydrogens is 585 g/mol. The molecule has 2 aromatic rings. The van der Waals surface area contributed by atoms with E-state index in [0.717, 1.165) is 75.1 Å². The van der Waals surface area contributed by atoms with Crippen LogP contribution in [-0.4, -0.2) is 77.7 Å². The first-order chi connectivity index (χ1) is 21.5. The normalized spacial score (nSPS) is 24.6. The number of carbonyl (C=O) groups excluding carboxylic acids is 2. The number of likely N-dealkylation sites (tertiary alicyclic amines) is 2. The van der Waals surface area contributed by atoms with E-state index in [2.05, 4.69) is 4.90 Å². The van der Waals surface area contributed by atoms with E-state index < -0.39 is 17.3 Å². The number of ether oxygens (including phenoxy) is 2. The molecule has 2 aromatic carbocycles. The van der Waals surface area contributed by atoms with Gasteiger partial charge in [-0.2, -0.15) is 13.2 Å². The summed E-state index contributed by atoms with van der Waals surface area (Å²) < 4.78 is 50.6. The average Bonchev–Trinajstić information content (AvgIpc) is 3.32. The van der Waals surface area contributed by atoms with Crippen LogP contribution in [0.1, 0.15) is 62.5 Å². The number of nitrogen functional groups attached to an aromatic ring is 1. The lowest BCUT2D eigenvalue weighted by Crippen LogP contribution is -2.47. The van der Waals surface area contributed by atoms with Gasteiger partial charge in [0.1, 0.15) is 17.5 Å². The first kappa shape index (κ1) is 31.5. The summed E-state index contributed by atoms with van der Waals surface area (Å²) >= 11 is 0. The van der Waals surface area contributed by atoms with Gasteiger partial charge in [0, 0.05) is 82.6 Å². The Morgan fingerprint density at radius 1 is 0.956 bits per heavy atom. The number of hydrogen-bond acceptors (Lipinski definition) is 6. The molecule has 3 heterocycles. The van der Waals surface area contributed by atoms with Gasteiger partial charge >= 0.3 is 12.3 Å². The molecule has 11 heteroatoms. The van der Waals surface area contributed by atoms with Crippen molar-refractivity contribution in [2.24, 2.45) is 11.8 Å². The van der Waals surface area contributed by atoms with Crippen LogP contribution in [0, 0.1) is 11.8 Å². The van der Waals surface area contributed by atoms with Crippen molar-refractivity contribution in [2.45, 2.75) is 75.8 Å². The standard InChI is InChI=1S/C34H43F3N4O4/c35-34(36,37)27-10-6-24(7-11-27)21-39-18-14-33(15-19-39)23-41(32(43)45-33)22-25-4-8-26(9-5-25)31(42)40-16-12-29(13-17-40)44-30-3-1-2-28(38)20-30/h1-3,6-7,10-11,20,25-26,29H,4-5,8-9,12-19,21-23,38H2. The van der Waals surface area contributed by atoms with Gasteiger partial charge < -0.3 is 25.0 Å². The number of piperidine rings is 2. The second-order valence-corrected chi connectivity index (χ2v) is 13.3. The van der Waals surface area contributed by atoms with Gasteiger partial charge in [-0.15, -0.1) is 0 Å². The van der Waals surface area contributed by atoms with E-state index in [0.29, 0.717) is 57.2 Å². The van der Waals surface area contributed by atoms with Gasteiger partial charge in [-0.05, 0) is 61.4 Å². The van der Waals surface area contributed by atoms with E-state index in [-0.39, 0.29) is 24.0 Å². The summed E-state index contributed by atoms with van der Waals surface area (Å²) in [6.45, 7) is 4.65. The summed E-state index contributed by atoms with van der Waals surface area (Å²) in [5, 5.41) is 0. The predicted octanol–water partition coefficient (Wildman–Crippen LogP) is 5.95. The van der Waals surface area contributed by atoms with Crippen LogP contribution in [0.5, 0.6) is 5.75 Å². The molecule has 1 spiro atoms. The van der Waals surface area contributed by atoms with Gasteiger partial charge in [-0.3, -0.25) is 9.69 Å². The summed E-state index contributed by atoms with van der Waals surface area (Å²) in [7, 11) is 0. The summed E-state index contributed by atoms with van der Waals surface area (Å²) in [6.07, 6.45) is 2.05. The third-order valence-electron chi connectivity index (χ3n) is 10.1. The first-order valence-corrected chi connectivity index (χ1v) is 16.2. The van der Waals surface area contributed by atoms with Crippen LogP contribution in [0.15, 0.2) is 48.5 Å². The van der Waals surface area contributed by atoms with Gasteiger partial charge in [-0.1, -0.05) is 18.2 Å². The van der Waals surface area contributed by atoms with Gasteiger partial charge in [0.05, 0.1) is 12.1 Å². The van der Waals surface area contributed by atoms with Crippen molar-refractivity contribution in [1.29, 1.82) is 0 Å². The molecule has 0 aromatic heterocycles. The monoisotopic (exact) mass is 628 g/mol. The maximum absolute atomic E-state index is 13.3. The molecule has 0 unspecified atom stereocenters. The maximum atomic E-state index is 13.3. The number of nitrogens with zero attached hydrogens (tertiary/aromatic N) is 3. The largest absolute Gasteiger partial charge is 0.490 e. The Kier molecular flexibility index (Phi) is 9.17. The molecule has 1 saturated carbocycles. The molecule has 45 heavy (non-hydrogen) atoms. The Balaban J connectivity index is 0.907. The topological polar surface area (TPSA) is 88.3 Å². The lowest BCUT2D eigenvalue weighted by Gasteiger charge is -2.38. The molecular formula is C34H43F3N4O4. The summed E-state index contributed by atoms with van der Waals surface area (Å²) in [5.41, 5.74) is 6.24. The van der Waals surface area contributed by atoms with Crippen LogP contribution in [0.4, 0.5) is 23.7 Å². The highest BCUT2D eigenvalue weighted by Gasteiger charge is 2.47. The van der Waals surface area contributed by atoms with E-state index in [1.54, 1.807) is 0 Å². The molecule has 0 bridgehead atoms. The summed E-state index contributed by atoms with van der Waals surface area (Å²) in [6, 6.07) is 12.8. The molecule has 3 aliphatic heterocycles. The Bertz CT molecular complexity index is 1330. The van der Waals surface area contributed by atoms with E-state index in [4.69, 9.17) is 15.2 Å². The molecule has 1 aliphatic carbocycles. The van der Waals surface area contributed by atoms with Gasteiger partial charge in [0.2, 0.25) is 5.91 Å². The van der Waals surface area contributed by atoms with Crippen molar-refractivity contribution in [3.8, 4) is 5.75 Å². The molecule has 6 rings (SSSR count). The molecule has 2 amide bonds. The minimum absolute atomic E-state index is 0.0403. The van der Waals surface area contributed by atoms with Gasteiger partial charge in [0.25, 0.3) is 0 Å². The van der Waals surface area contributed by atoms with Crippen molar-refractivity contribution < 1.29 is 32.2 Å². The third-order valence-corrected chi connectivity index (χ3v) is 10.1. The summed E-state index contributed by atoms with van der Waals surface area (Å²) in [5.74, 6) is 1.42. The van der Waals surface area contributed by atoms with Crippen LogP contribution in [0.2, 0.25) is 0 Å². The lowest BCUT2D eigenvalue weighted by atomic mass is 9.80. The van der Waals surface area contributed by atoms with Crippen molar-refractivity contribution in [2.75, 3.05) is 45.0 Å². The van der Waals surface area contributed by atoms with Crippen LogP contribution in [0.3, 0.4) is 0 Å². The number of anilines is 1. The van der Waals surface area contributed by atoms with Gasteiger partial charge in [-0.25, -0.2) is 4.79 Å². The molecule has 4 fully saturated rings. The fraction of sp³-hybridized carbons (Fsp3) is 0.588. The zero-order valence-corrected chi connectivity index (χ0v) is 25.6. The molecule has 8 nitrogen and oxygen atoms in total. The first-order valence-electron chi connectivity index (χ1n) is 16.2. The number of hydrogen-bond donors (Lipinski definition) is 1. The maximum Gasteiger partial charge on any atom is 0.416 e. The van der Waals surface area contributed by atoms with Gasteiger partial charge in [0.15, 0.2) is 0 Å². The third kappa shape index (κ3) is 7.68. The molecule has 244 valence electrons. The van der Waals surface area contributed by atoms with Crippen LogP contribution in [-0.2, 0) is 22.3 Å². The molecule has 3 saturated heterocycles. The highest BCUT2D eigenvalue weighted by atomic mass is 19.4. The highest BCUT2D eigenvalue weighted by Crippen LogP contribution is 2.37. The quantitative estimate of drug-likeness (QED) is 0.382. The second-order valence-electron chi connectivity index (χ2n) is 13.3. The van der Waals surface area contributed by atoms with E-state index >= 15 is 0 Å². The lowest BCUT2D eigenvalue weighted by molar-refractivity contribution is -0.139. The van der Waals surface area contributed by atoms with Crippen molar-refractivity contribution in [3.05, 3.63) is 59.7 Å². The van der Waals surface area contributed by atoms with Crippen molar-refractivity contribution >= 4 is 17.7 Å². The Morgan fingerprint density at radius 2 is 1.64 bits per heavy atom. The van der Waals surface area contributed by atoms with Crippen LogP contribution >= 0.6 is 0 Å².